The molecule has 0 aliphatic heterocycles. The predicted molar refractivity (Wildman–Crippen MR) is 59.0 cm³/mol. The van der Waals surface area contributed by atoms with E-state index in [0.29, 0.717) is 6.54 Å². The van der Waals surface area contributed by atoms with Crippen molar-refractivity contribution in [3.8, 4) is 0 Å². The Kier molecular flexibility index (Phi) is 5.72. The number of nitrogens with one attached hydrogen (secondary N) is 2. The fraction of sp³-hybridized carbons (Fsp3) is 0.900. The van der Waals surface area contributed by atoms with Crippen LogP contribution in [0.25, 0.3) is 0 Å². The molecule has 0 radical (unpaired) electrons. The smallest absolute Gasteiger partial charge is 0.237 e. The molecule has 1 amide bonds. The molecular formula is C10H23N3O. The van der Waals surface area contributed by atoms with Crippen LogP contribution in [0.1, 0.15) is 27.7 Å². The van der Waals surface area contributed by atoms with Crippen LogP contribution in [-0.2, 0) is 4.79 Å². The van der Waals surface area contributed by atoms with Crippen molar-refractivity contribution in [2.45, 2.75) is 33.7 Å². The summed E-state index contributed by atoms with van der Waals surface area (Å²) >= 11 is 0. The van der Waals surface area contributed by atoms with E-state index >= 15 is 0 Å². The minimum Gasteiger partial charge on any atom is -0.353 e. The summed E-state index contributed by atoms with van der Waals surface area (Å²) in [4.78, 5) is 11.5. The van der Waals surface area contributed by atoms with Gasteiger partial charge in [0.05, 0.1) is 6.04 Å². The summed E-state index contributed by atoms with van der Waals surface area (Å²) in [5.41, 5.74) is 5.60. The number of nitrogens with two attached hydrogens (primary N) is 1. The highest BCUT2D eigenvalue weighted by atomic mass is 16.2. The molecule has 14 heavy (non-hydrogen) atoms. The molecule has 0 unspecified atom stereocenters. The molecule has 4 heteroatoms. The van der Waals surface area contributed by atoms with Crippen LogP contribution in [-0.4, -0.2) is 31.6 Å². The SMILES string of the molecule is CCNCCNC(=O)[C@@H](N)C(C)(C)C. The summed E-state index contributed by atoms with van der Waals surface area (Å²) < 4.78 is 0. The molecule has 0 spiro atoms. The summed E-state index contributed by atoms with van der Waals surface area (Å²) in [7, 11) is 0. The van der Waals surface area contributed by atoms with Gasteiger partial charge in [-0.1, -0.05) is 27.7 Å². The average Bonchev–Trinajstić information content (AvgIpc) is 2.09. The summed E-state index contributed by atoms with van der Waals surface area (Å²) in [5, 5.41) is 5.92. The highest BCUT2D eigenvalue weighted by Crippen LogP contribution is 2.16. The van der Waals surface area contributed by atoms with Crippen molar-refractivity contribution < 1.29 is 4.79 Å². The Labute approximate surface area is 86.6 Å². The largest absolute Gasteiger partial charge is 0.353 e. The van der Waals surface area contributed by atoms with Crippen LogP contribution in [0.4, 0.5) is 0 Å². The lowest BCUT2D eigenvalue weighted by Crippen LogP contribution is -2.49. The van der Waals surface area contributed by atoms with Gasteiger partial charge < -0.3 is 16.4 Å². The van der Waals surface area contributed by atoms with Gasteiger partial charge in [0.25, 0.3) is 0 Å². The summed E-state index contributed by atoms with van der Waals surface area (Å²) in [6, 6.07) is -0.441. The van der Waals surface area contributed by atoms with Crippen LogP contribution >= 0.6 is 0 Å². The Balaban J connectivity index is 3.74. The maximum atomic E-state index is 11.5. The van der Waals surface area contributed by atoms with E-state index < -0.39 is 6.04 Å². The first-order valence-corrected chi connectivity index (χ1v) is 5.13. The molecule has 0 aromatic heterocycles. The third-order valence-electron chi connectivity index (χ3n) is 2.07. The van der Waals surface area contributed by atoms with Gasteiger partial charge >= 0.3 is 0 Å². The molecule has 1 atom stereocenters. The summed E-state index contributed by atoms with van der Waals surface area (Å²) in [5.74, 6) is -0.0737. The van der Waals surface area contributed by atoms with Crippen LogP contribution in [0, 0.1) is 5.41 Å². The van der Waals surface area contributed by atoms with E-state index in [9.17, 15) is 4.79 Å². The first kappa shape index (κ1) is 13.4. The zero-order valence-electron chi connectivity index (χ0n) is 9.68. The van der Waals surface area contributed by atoms with Gasteiger partial charge in [0.2, 0.25) is 5.91 Å². The third kappa shape index (κ3) is 5.19. The molecule has 4 nitrogen and oxygen atoms in total. The van der Waals surface area contributed by atoms with Gasteiger partial charge in [-0.25, -0.2) is 0 Å². The fourth-order valence-corrected chi connectivity index (χ4v) is 0.954. The maximum Gasteiger partial charge on any atom is 0.237 e. The Morgan fingerprint density at radius 3 is 2.36 bits per heavy atom. The molecule has 0 fully saturated rings. The van der Waals surface area contributed by atoms with Crippen molar-refractivity contribution >= 4 is 5.91 Å². The topological polar surface area (TPSA) is 67.1 Å². The predicted octanol–water partition coefficient (Wildman–Crippen LogP) is 0.0855. The lowest BCUT2D eigenvalue weighted by molar-refractivity contribution is -0.124. The standard InChI is InChI=1S/C10H23N3O/c1-5-12-6-7-13-9(14)8(11)10(2,3)4/h8,12H,5-7,11H2,1-4H3,(H,13,14)/t8-/m1/s1. The highest BCUT2D eigenvalue weighted by Gasteiger charge is 2.26. The normalized spacial score (nSPS) is 13.8. The summed E-state index contributed by atoms with van der Waals surface area (Å²) in [6.07, 6.45) is 0. The van der Waals surface area contributed by atoms with E-state index in [-0.39, 0.29) is 11.3 Å². The van der Waals surface area contributed by atoms with Crippen LogP contribution in [0.2, 0.25) is 0 Å². The van der Waals surface area contributed by atoms with E-state index in [0.717, 1.165) is 13.1 Å². The van der Waals surface area contributed by atoms with E-state index in [1.165, 1.54) is 0 Å². The van der Waals surface area contributed by atoms with Gasteiger partial charge in [-0.2, -0.15) is 0 Å². The molecule has 0 aromatic carbocycles. The Morgan fingerprint density at radius 1 is 1.36 bits per heavy atom. The fourth-order valence-electron chi connectivity index (χ4n) is 0.954. The van der Waals surface area contributed by atoms with Crippen LogP contribution in [0.5, 0.6) is 0 Å². The van der Waals surface area contributed by atoms with E-state index in [4.69, 9.17) is 5.73 Å². The van der Waals surface area contributed by atoms with E-state index in [2.05, 4.69) is 10.6 Å². The van der Waals surface area contributed by atoms with Crippen molar-refractivity contribution in [2.24, 2.45) is 11.1 Å². The van der Waals surface area contributed by atoms with Crippen molar-refractivity contribution in [3.63, 3.8) is 0 Å². The quantitative estimate of drug-likeness (QED) is 0.552. The molecule has 0 heterocycles. The Morgan fingerprint density at radius 2 is 1.93 bits per heavy atom. The number of rotatable bonds is 5. The van der Waals surface area contributed by atoms with Gasteiger partial charge in [0, 0.05) is 13.1 Å². The second-order valence-corrected chi connectivity index (χ2v) is 4.49. The van der Waals surface area contributed by atoms with Gasteiger partial charge in [-0.05, 0) is 12.0 Å². The van der Waals surface area contributed by atoms with Crippen molar-refractivity contribution in [2.75, 3.05) is 19.6 Å². The number of carbonyl (C=O) groups excluding carboxylic acids is 1. The molecule has 0 bridgehead atoms. The van der Waals surface area contributed by atoms with Crippen molar-refractivity contribution in [3.05, 3.63) is 0 Å². The average molecular weight is 201 g/mol. The Bertz CT molecular complexity index is 175. The monoisotopic (exact) mass is 201 g/mol. The van der Waals surface area contributed by atoms with Crippen LogP contribution in [0.3, 0.4) is 0 Å². The van der Waals surface area contributed by atoms with Gasteiger partial charge in [-0.15, -0.1) is 0 Å². The number of amides is 1. The van der Waals surface area contributed by atoms with E-state index in [1.807, 2.05) is 27.7 Å². The molecule has 0 saturated heterocycles. The van der Waals surface area contributed by atoms with E-state index in [1.54, 1.807) is 0 Å². The van der Waals surface area contributed by atoms with Crippen molar-refractivity contribution in [1.82, 2.24) is 10.6 Å². The summed E-state index contributed by atoms with van der Waals surface area (Å²) in [6.45, 7) is 10.3. The molecular weight excluding hydrogens is 178 g/mol. The third-order valence-corrected chi connectivity index (χ3v) is 2.07. The lowest BCUT2D eigenvalue weighted by Gasteiger charge is -2.25. The van der Waals surface area contributed by atoms with Gasteiger partial charge in [0.15, 0.2) is 0 Å². The minimum absolute atomic E-state index is 0.0737. The number of hydrogen-bond donors (Lipinski definition) is 3. The molecule has 0 aliphatic carbocycles. The lowest BCUT2D eigenvalue weighted by atomic mass is 9.87. The van der Waals surface area contributed by atoms with Crippen LogP contribution < -0.4 is 16.4 Å². The first-order valence-electron chi connectivity index (χ1n) is 5.13. The van der Waals surface area contributed by atoms with Gasteiger partial charge in [-0.3, -0.25) is 4.79 Å². The highest BCUT2D eigenvalue weighted by molar-refractivity contribution is 5.82. The zero-order chi connectivity index (χ0) is 11.2. The Hall–Kier alpha value is -0.610. The van der Waals surface area contributed by atoms with Crippen molar-refractivity contribution in [1.29, 1.82) is 0 Å². The maximum absolute atomic E-state index is 11.5. The molecule has 84 valence electrons. The number of hydrogen-bond acceptors (Lipinski definition) is 3. The second-order valence-electron chi connectivity index (χ2n) is 4.49. The van der Waals surface area contributed by atoms with Crippen LogP contribution in [0.15, 0.2) is 0 Å². The first-order chi connectivity index (χ1) is 6.39. The zero-order valence-corrected chi connectivity index (χ0v) is 9.68. The molecule has 0 rings (SSSR count). The number of likely N-dealkylation sites (N-methyl/N-ethyl adjacent to an activating group) is 1. The molecule has 0 aliphatic rings. The molecule has 0 saturated carbocycles. The molecule has 0 aromatic rings. The minimum atomic E-state index is -0.441. The molecule has 4 N–H and O–H groups in total. The van der Waals surface area contributed by atoms with Gasteiger partial charge in [0.1, 0.15) is 0 Å². The second kappa shape index (κ2) is 5.98. The number of carbonyl (C=O) groups is 1.